The normalized spacial score (nSPS) is 10.5. The van der Waals surface area contributed by atoms with Gasteiger partial charge in [0.25, 0.3) is 0 Å². The van der Waals surface area contributed by atoms with E-state index in [1.54, 1.807) is 54.9 Å². The molecule has 4 heteroatoms. The van der Waals surface area contributed by atoms with Gasteiger partial charge in [0.1, 0.15) is 0 Å². The first-order chi connectivity index (χ1) is 9.16. The fraction of sp³-hybridized carbons (Fsp3) is 0. The van der Waals surface area contributed by atoms with Gasteiger partial charge in [-0.3, -0.25) is 14.6 Å². The van der Waals surface area contributed by atoms with Crippen LogP contribution in [0, 0.1) is 0 Å². The Morgan fingerprint density at radius 3 is 2.16 bits per heavy atom. The zero-order valence-corrected chi connectivity index (χ0v) is 10.1. The maximum Gasteiger partial charge on any atom is 0.248 e. The topological polar surface area (TPSA) is 73.1 Å². The van der Waals surface area contributed by atoms with Crippen LogP contribution in [0.3, 0.4) is 0 Å². The van der Waals surface area contributed by atoms with Crippen molar-refractivity contribution in [2.75, 3.05) is 0 Å². The minimum Gasteiger partial charge on any atom is -0.366 e. The van der Waals surface area contributed by atoms with Gasteiger partial charge in [0.15, 0.2) is 5.78 Å². The van der Waals surface area contributed by atoms with Crippen LogP contribution in [0.5, 0.6) is 0 Å². The molecule has 2 N–H and O–H groups in total. The summed E-state index contributed by atoms with van der Waals surface area (Å²) in [4.78, 5) is 26.6. The van der Waals surface area contributed by atoms with E-state index < -0.39 is 5.91 Å². The third kappa shape index (κ3) is 3.35. The van der Waals surface area contributed by atoms with E-state index in [1.165, 1.54) is 6.08 Å². The van der Waals surface area contributed by atoms with E-state index in [0.717, 1.165) is 5.56 Å². The molecule has 1 aromatic heterocycles. The van der Waals surface area contributed by atoms with Crippen molar-refractivity contribution in [2.45, 2.75) is 0 Å². The quantitative estimate of drug-likeness (QED) is 0.668. The van der Waals surface area contributed by atoms with Crippen LogP contribution in [0.15, 0.2) is 54.9 Å². The van der Waals surface area contributed by atoms with Gasteiger partial charge >= 0.3 is 0 Å². The fourth-order valence-electron chi connectivity index (χ4n) is 1.54. The lowest BCUT2D eigenvalue weighted by Gasteiger charge is -1.97. The van der Waals surface area contributed by atoms with Gasteiger partial charge < -0.3 is 5.73 Å². The van der Waals surface area contributed by atoms with Crippen LogP contribution < -0.4 is 5.73 Å². The molecule has 0 fully saturated rings. The Labute approximate surface area is 110 Å². The van der Waals surface area contributed by atoms with E-state index in [1.807, 2.05) is 0 Å². The molecule has 0 unspecified atom stereocenters. The average molecular weight is 252 g/mol. The molecule has 0 radical (unpaired) electrons. The summed E-state index contributed by atoms with van der Waals surface area (Å²) in [5.41, 5.74) is 7.00. The van der Waals surface area contributed by atoms with Crippen LogP contribution in [0.2, 0.25) is 0 Å². The molecule has 0 saturated carbocycles. The zero-order valence-electron chi connectivity index (χ0n) is 10.1. The molecule has 0 aliphatic carbocycles. The third-order valence-electron chi connectivity index (χ3n) is 2.59. The molecule has 19 heavy (non-hydrogen) atoms. The molecule has 4 nitrogen and oxygen atoms in total. The minimum absolute atomic E-state index is 0.0959. The highest BCUT2D eigenvalue weighted by atomic mass is 16.1. The summed E-state index contributed by atoms with van der Waals surface area (Å²) in [6, 6.07) is 10.0. The molecular formula is C15H12N2O2. The number of aromatic nitrogens is 1. The Morgan fingerprint density at radius 1 is 0.947 bits per heavy atom. The molecule has 2 aromatic rings. The predicted molar refractivity (Wildman–Crippen MR) is 72.6 cm³/mol. The van der Waals surface area contributed by atoms with Crippen molar-refractivity contribution in [1.82, 2.24) is 4.98 Å². The summed E-state index contributed by atoms with van der Waals surface area (Å²) in [5, 5.41) is 0. The van der Waals surface area contributed by atoms with Gasteiger partial charge in [0, 0.05) is 23.5 Å². The summed E-state index contributed by atoms with van der Waals surface area (Å²) < 4.78 is 0. The van der Waals surface area contributed by atoms with Crippen LogP contribution in [-0.2, 0) is 0 Å². The number of allylic oxidation sites excluding steroid dienone is 1. The number of ketones is 1. The van der Waals surface area contributed by atoms with E-state index in [0.29, 0.717) is 11.1 Å². The van der Waals surface area contributed by atoms with Crippen molar-refractivity contribution in [1.29, 1.82) is 0 Å². The zero-order chi connectivity index (χ0) is 13.7. The number of nitrogens with two attached hydrogens (primary N) is 1. The Morgan fingerprint density at radius 2 is 1.58 bits per heavy atom. The van der Waals surface area contributed by atoms with Crippen LogP contribution >= 0.6 is 0 Å². The molecule has 0 aliphatic rings. The number of pyridine rings is 1. The predicted octanol–water partition coefficient (Wildman–Crippen LogP) is 2.08. The van der Waals surface area contributed by atoms with E-state index >= 15 is 0 Å². The molecule has 0 atom stereocenters. The third-order valence-corrected chi connectivity index (χ3v) is 2.59. The number of carbonyl (C=O) groups excluding carboxylic acids is 2. The molecule has 94 valence electrons. The highest BCUT2D eigenvalue weighted by Crippen LogP contribution is 2.07. The second-order valence-electron chi connectivity index (χ2n) is 3.92. The van der Waals surface area contributed by atoms with Crippen molar-refractivity contribution in [3.8, 4) is 0 Å². The molecule has 1 heterocycles. The van der Waals surface area contributed by atoms with E-state index in [9.17, 15) is 9.59 Å². The lowest BCUT2D eigenvalue weighted by molar-refractivity contribution is 0.0998. The Bertz CT molecular complexity index is 616. The molecule has 2 rings (SSSR count). The molecule has 0 saturated heterocycles. The lowest BCUT2D eigenvalue weighted by Crippen LogP contribution is -2.10. The van der Waals surface area contributed by atoms with E-state index in [-0.39, 0.29) is 5.78 Å². The van der Waals surface area contributed by atoms with Gasteiger partial charge in [0.05, 0.1) is 0 Å². The van der Waals surface area contributed by atoms with Gasteiger partial charge in [-0.15, -0.1) is 0 Å². The fourth-order valence-corrected chi connectivity index (χ4v) is 1.54. The maximum absolute atomic E-state index is 11.8. The highest BCUT2D eigenvalue weighted by molar-refractivity contribution is 6.06. The van der Waals surface area contributed by atoms with Crippen LogP contribution in [0.25, 0.3) is 6.08 Å². The highest BCUT2D eigenvalue weighted by Gasteiger charge is 2.01. The number of nitrogens with zero attached hydrogens (tertiary/aromatic N) is 1. The number of hydrogen-bond donors (Lipinski definition) is 1. The molecule has 1 aromatic carbocycles. The summed E-state index contributed by atoms with van der Waals surface area (Å²) in [6.07, 6.45) is 6.31. The second kappa shape index (κ2) is 5.73. The minimum atomic E-state index is -0.469. The SMILES string of the molecule is NC(=O)c1ccc(C=CC(=O)c2ccncc2)cc1. The summed E-state index contributed by atoms with van der Waals surface area (Å²) in [7, 11) is 0. The molecule has 0 aliphatic heterocycles. The summed E-state index contributed by atoms with van der Waals surface area (Å²) in [6.45, 7) is 0. The van der Waals surface area contributed by atoms with Gasteiger partial charge in [-0.2, -0.15) is 0 Å². The number of amides is 1. The number of carbonyl (C=O) groups is 2. The maximum atomic E-state index is 11.8. The van der Waals surface area contributed by atoms with Crippen LogP contribution in [-0.4, -0.2) is 16.7 Å². The smallest absolute Gasteiger partial charge is 0.248 e. The molecule has 0 spiro atoms. The monoisotopic (exact) mass is 252 g/mol. The Balaban J connectivity index is 2.10. The Kier molecular flexibility index (Phi) is 3.83. The Hall–Kier alpha value is -2.75. The first-order valence-electron chi connectivity index (χ1n) is 5.69. The first-order valence-corrected chi connectivity index (χ1v) is 5.69. The van der Waals surface area contributed by atoms with Gasteiger partial charge in [-0.1, -0.05) is 18.2 Å². The number of hydrogen-bond acceptors (Lipinski definition) is 3. The average Bonchev–Trinajstić information content (AvgIpc) is 2.46. The molecule has 0 bridgehead atoms. The molecular weight excluding hydrogens is 240 g/mol. The van der Waals surface area contributed by atoms with Gasteiger partial charge in [-0.25, -0.2) is 0 Å². The van der Waals surface area contributed by atoms with Crippen LogP contribution in [0.1, 0.15) is 26.3 Å². The standard InChI is InChI=1S/C15H12N2O2/c16-15(19)13-4-1-11(2-5-13)3-6-14(18)12-7-9-17-10-8-12/h1-10H,(H2,16,19). The lowest BCUT2D eigenvalue weighted by atomic mass is 10.1. The summed E-state index contributed by atoms with van der Waals surface area (Å²) in [5.74, 6) is -0.565. The van der Waals surface area contributed by atoms with Gasteiger partial charge in [-0.05, 0) is 35.9 Å². The van der Waals surface area contributed by atoms with E-state index in [2.05, 4.69) is 4.98 Å². The first kappa shape index (κ1) is 12.7. The van der Waals surface area contributed by atoms with Crippen LogP contribution in [0.4, 0.5) is 0 Å². The van der Waals surface area contributed by atoms with Crippen molar-refractivity contribution in [3.63, 3.8) is 0 Å². The number of benzene rings is 1. The van der Waals surface area contributed by atoms with E-state index in [4.69, 9.17) is 5.73 Å². The van der Waals surface area contributed by atoms with Crippen molar-refractivity contribution in [2.24, 2.45) is 5.73 Å². The number of primary amides is 1. The largest absolute Gasteiger partial charge is 0.366 e. The van der Waals surface area contributed by atoms with Crippen molar-refractivity contribution in [3.05, 3.63) is 71.6 Å². The van der Waals surface area contributed by atoms with Crippen molar-refractivity contribution < 1.29 is 9.59 Å². The molecule has 1 amide bonds. The van der Waals surface area contributed by atoms with Crippen molar-refractivity contribution >= 4 is 17.8 Å². The van der Waals surface area contributed by atoms with Gasteiger partial charge in [0.2, 0.25) is 5.91 Å². The number of rotatable bonds is 4. The summed E-state index contributed by atoms with van der Waals surface area (Å²) >= 11 is 0. The second-order valence-corrected chi connectivity index (χ2v) is 3.92.